The van der Waals surface area contributed by atoms with Gasteiger partial charge < -0.3 is 15.2 Å². The summed E-state index contributed by atoms with van der Waals surface area (Å²) < 4.78 is 10.8. The van der Waals surface area contributed by atoms with Gasteiger partial charge in [-0.15, -0.1) is 12.4 Å². The molecule has 0 fully saturated rings. The van der Waals surface area contributed by atoms with Crippen LogP contribution in [0.25, 0.3) is 0 Å². The van der Waals surface area contributed by atoms with E-state index in [0.717, 1.165) is 0 Å². The van der Waals surface area contributed by atoms with E-state index in [4.69, 9.17) is 20.6 Å². The number of para-hydroxylation sites is 1. The fourth-order valence-electron chi connectivity index (χ4n) is 1.92. The molecule has 0 spiro atoms. The molecule has 7 nitrogen and oxygen atoms in total. The molecule has 0 bridgehead atoms. The lowest BCUT2D eigenvalue weighted by Gasteiger charge is -2.12. The molecule has 0 aliphatic heterocycles. The van der Waals surface area contributed by atoms with Crippen molar-refractivity contribution >= 4 is 23.9 Å². The lowest BCUT2D eigenvalue weighted by atomic mass is 10.2. The number of hydrogen-bond donors (Lipinski definition) is 2. The number of halogens is 1. The summed E-state index contributed by atoms with van der Waals surface area (Å²) in [5.74, 6) is 0.750. The van der Waals surface area contributed by atoms with Crippen LogP contribution in [0.4, 0.5) is 5.69 Å². The highest BCUT2D eigenvalue weighted by Crippen LogP contribution is 2.29. The number of amidine groups is 1. The Morgan fingerprint density at radius 3 is 2.57 bits per heavy atom. The summed E-state index contributed by atoms with van der Waals surface area (Å²) in [6.07, 6.45) is 0. The number of nitrogens with two attached hydrogens (primary N) is 1. The highest BCUT2D eigenvalue weighted by atomic mass is 35.5. The standard InChI is InChI=1S/C15H15N3O4.ClH/c1-21-14-8-10(15(16)17)6-7-13(14)22-9-11-4-2-3-5-12(11)18(19)20;/h2-8H,9H2,1H3,(H3,16,17);1H. The molecule has 122 valence electrons. The van der Waals surface area contributed by atoms with Crippen LogP contribution in [0.1, 0.15) is 11.1 Å². The molecule has 2 aromatic carbocycles. The highest BCUT2D eigenvalue weighted by Gasteiger charge is 2.14. The van der Waals surface area contributed by atoms with Crippen molar-refractivity contribution in [3.63, 3.8) is 0 Å². The van der Waals surface area contributed by atoms with E-state index >= 15 is 0 Å². The van der Waals surface area contributed by atoms with Crippen molar-refractivity contribution in [2.45, 2.75) is 6.61 Å². The van der Waals surface area contributed by atoms with E-state index in [1.165, 1.54) is 13.2 Å². The monoisotopic (exact) mass is 337 g/mol. The number of rotatable bonds is 6. The summed E-state index contributed by atoms with van der Waals surface area (Å²) in [5.41, 5.74) is 6.39. The van der Waals surface area contributed by atoms with E-state index in [9.17, 15) is 10.1 Å². The first-order valence-corrected chi connectivity index (χ1v) is 6.40. The number of nitrogen functional groups attached to an aromatic ring is 1. The summed E-state index contributed by atoms with van der Waals surface area (Å²) >= 11 is 0. The second-order valence-corrected chi connectivity index (χ2v) is 4.45. The molecular formula is C15H16ClN3O4. The quantitative estimate of drug-likeness (QED) is 0.364. The van der Waals surface area contributed by atoms with E-state index in [1.807, 2.05) is 0 Å². The van der Waals surface area contributed by atoms with Gasteiger partial charge in [0.1, 0.15) is 12.4 Å². The number of hydrogen-bond acceptors (Lipinski definition) is 5. The van der Waals surface area contributed by atoms with Crippen molar-refractivity contribution in [3.05, 3.63) is 63.7 Å². The summed E-state index contributed by atoms with van der Waals surface area (Å²) in [6.45, 7) is 0.0347. The van der Waals surface area contributed by atoms with Gasteiger partial charge in [-0.3, -0.25) is 15.5 Å². The Bertz CT molecular complexity index is 722. The maximum absolute atomic E-state index is 11.0. The zero-order chi connectivity index (χ0) is 16.1. The Kier molecular flexibility index (Phi) is 6.35. The number of ether oxygens (including phenoxy) is 2. The number of nitrogens with one attached hydrogen (secondary N) is 1. The third-order valence-corrected chi connectivity index (χ3v) is 3.05. The third-order valence-electron chi connectivity index (χ3n) is 3.05. The van der Waals surface area contributed by atoms with Crippen molar-refractivity contribution in [2.75, 3.05) is 7.11 Å². The van der Waals surface area contributed by atoms with Gasteiger partial charge in [0.05, 0.1) is 17.6 Å². The molecule has 0 amide bonds. The average molecular weight is 338 g/mol. The maximum Gasteiger partial charge on any atom is 0.276 e. The average Bonchev–Trinajstić information content (AvgIpc) is 2.52. The summed E-state index contributed by atoms with van der Waals surface area (Å²) in [6, 6.07) is 11.2. The van der Waals surface area contributed by atoms with Gasteiger partial charge in [0.2, 0.25) is 0 Å². The number of nitro groups is 1. The first-order valence-electron chi connectivity index (χ1n) is 6.40. The van der Waals surface area contributed by atoms with E-state index in [0.29, 0.717) is 22.6 Å². The fourth-order valence-corrected chi connectivity index (χ4v) is 1.92. The van der Waals surface area contributed by atoms with Gasteiger partial charge in [-0.05, 0) is 24.3 Å². The minimum absolute atomic E-state index is 0. The number of methoxy groups -OCH3 is 1. The van der Waals surface area contributed by atoms with Crippen molar-refractivity contribution in [3.8, 4) is 11.5 Å². The van der Waals surface area contributed by atoms with E-state index in [1.54, 1.807) is 36.4 Å². The molecular weight excluding hydrogens is 322 g/mol. The minimum atomic E-state index is -0.450. The molecule has 0 aromatic heterocycles. The Morgan fingerprint density at radius 1 is 1.26 bits per heavy atom. The molecule has 2 rings (SSSR count). The predicted molar refractivity (Wildman–Crippen MR) is 88.7 cm³/mol. The number of nitro benzene ring substituents is 1. The summed E-state index contributed by atoms with van der Waals surface area (Å²) in [4.78, 5) is 10.5. The minimum Gasteiger partial charge on any atom is -0.493 e. The van der Waals surface area contributed by atoms with Crippen molar-refractivity contribution in [1.82, 2.24) is 0 Å². The predicted octanol–water partition coefficient (Wildman–Crippen LogP) is 2.89. The van der Waals surface area contributed by atoms with E-state index in [2.05, 4.69) is 0 Å². The number of nitrogens with zero attached hydrogens (tertiary/aromatic N) is 1. The zero-order valence-electron chi connectivity index (χ0n) is 12.3. The van der Waals surface area contributed by atoms with Crippen LogP contribution >= 0.6 is 12.4 Å². The van der Waals surface area contributed by atoms with Gasteiger partial charge in [-0.25, -0.2) is 0 Å². The lowest BCUT2D eigenvalue weighted by Crippen LogP contribution is -2.11. The van der Waals surface area contributed by atoms with Crippen molar-refractivity contribution in [1.29, 1.82) is 5.41 Å². The molecule has 0 radical (unpaired) electrons. The van der Waals surface area contributed by atoms with E-state index < -0.39 is 4.92 Å². The van der Waals surface area contributed by atoms with Crippen molar-refractivity contribution in [2.24, 2.45) is 5.73 Å². The summed E-state index contributed by atoms with van der Waals surface area (Å²) in [5, 5.41) is 18.4. The lowest BCUT2D eigenvalue weighted by molar-refractivity contribution is -0.385. The summed E-state index contributed by atoms with van der Waals surface area (Å²) in [7, 11) is 1.47. The zero-order valence-corrected chi connectivity index (χ0v) is 13.1. The second kappa shape index (κ2) is 8.00. The van der Waals surface area contributed by atoms with Crippen LogP contribution in [0.3, 0.4) is 0 Å². The van der Waals surface area contributed by atoms with Crippen LogP contribution in [0.15, 0.2) is 42.5 Å². The van der Waals surface area contributed by atoms with Gasteiger partial charge in [-0.2, -0.15) is 0 Å². The molecule has 0 saturated heterocycles. The second-order valence-electron chi connectivity index (χ2n) is 4.45. The topological polar surface area (TPSA) is 111 Å². The van der Waals surface area contributed by atoms with Gasteiger partial charge in [-0.1, -0.05) is 12.1 Å². The van der Waals surface area contributed by atoms with Gasteiger partial charge >= 0.3 is 0 Å². The van der Waals surface area contributed by atoms with Gasteiger partial charge in [0, 0.05) is 11.6 Å². The maximum atomic E-state index is 11.0. The Labute approximate surface area is 139 Å². The smallest absolute Gasteiger partial charge is 0.276 e. The molecule has 2 aromatic rings. The Hall–Kier alpha value is -2.80. The first kappa shape index (κ1) is 18.2. The third kappa shape index (κ3) is 4.33. The van der Waals surface area contributed by atoms with Crippen LogP contribution in [0.2, 0.25) is 0 Å². The Morgan fingerprint density at radius 2 is 1.96 bits per heavy atom. The van der Waals surface area contributed by atoms with Crippen LogP contribution in [0, 0.1) is 15.5 Å². The molecule has 23 heavy (non-hydrogen) atoms. The largest absolute Gasteiger partial charge is 0.493 e. The van der Waals surface area contributed by atoms with Crippen LogP contribution in [0.5, 0.6) is 11.5 Å². The van der Waals surface area contributed by atoms with E-state index in [-0.39, 0.29) is 30.5 Å². The fraction of sp³-hybridized carbons (Fsp3) is 0.133. The highest BCUT2D eigenvalue weighted by molar-refractivity contribution is 5.95. The molecule has 0 saturated carbocycles. The molecule has 0 aliphatic carbocycles. The normalized spacial score (nSPS) is 9.61. The van der Waals surface area contributed by atoms with Crippen LogP contribution in [-0.4, -0.2) is 17.9 Å². The molecule has 0 aliphatic rings. The number of benzene rings is 2. The molecule has 0 atom stereocenters. The van der Waals surface area contributed by atoms with Crippen molar-refractivity contribution < 1.29 is 14.4 Å². The molecule has 0 unspecified atom stereocenters. The first-order chi connectivity index (χ1) is 10.5. The molecule has 8 heteroatoms. The van der Waals surface area contributed by atoms with Gasteiger partial charge in [0.25, 0.3) is 5.69 Å². The van der Waals surface area contributed by atoms with Crippen LogP contribution < -0.4 is 15.2 Å². The molecule has 0 heterocycles. The Balaban J connectivity index is 0.00000264. The van der Waals surface area contributed by atoms with Crippen LogP contribution in [-0.2, 0) is 6.61 Å². The van der Waals surface area contributed by atoms with Gasteiger partial charge in [0.15, 0.2) is 11.5 Å². The SMILES string of the molecule is COc1cc(C(=N)N)ccc1OCc1ccccc1[N+](=O)[O-].Cl. The molecule has 3 N–H and O–H groups in total.